The van der Waals surface area contributed by atoms with E-state index in [1.54, 1.807) is 6.08 Å². The molecule has 0 heterocycles. The first-order valence-electron chi connectivity index (χ1n) is 5.37. The third-order valence-corrected chi connectivity index (χ3v) is 2.35. The van der Waals surface area contributed by atoms with Crippen LogP contribution in [0.15, 0.2) is 12.2 Å². The van der Waals surface area contributed by atoms with Gasteiger partial charge in [0.05, 0.1) is 0 Å². The minimum absolute atomic E-state index is 0.225. The van der Waals surface area contributed by atoms with Crippen LogP contribution >= 0.6 is 0 Å². The standard InChI is InChI=1S/C12H20O2/c1-12(2,3)14-11(13)9-5-8-10-6-4-7-10/h5,9-10H,4,6-8H2,1-3H3. The molecule has 0 atom stereocenters. The quantitative estimate of drug-likeness (QED) is 0.512. The Balaban J connectivity index is 2.18. The number of carbonyl (C=O) groups is 1. The van der Waals surface area contributed by atoms with Gasteiger partial charge in [-0.25, -0.2) is 4.79 Å². The first-order chi connectivity index (χ1) is 6.47. The number of rotatable bonds is 3. The number of esters is 1. The number of carbonyl (C=O) groups excluding carboxylic acids is 1. The van der Waals surface area contributed by atoms with E-state index in [1.165, 1.54) is 19.3 Å². The molecule has 1 fully saturated rings. The fourth-order valence-corrected chi connectivity index (χ4v) is 1.42. The van der Waals surface area contributed by atoms with Gasteiger partial charge < -0.3 is 4.74 Å². The molecule has 0 radical (unpaired) electrons. The minimum atomic E-state index is -0.377. The lowest BCUT2D eigenvalue weighted by Gasteiger charge is -2.23. The molecule has 1 aliphatic rings. The maximum atomic E-state index is 11.2. The number of hydrogen-bond acceptors (Lipinski definition) is 2. The summed E-state index contributed by atoms with van der Waals surface area (Å²) in [7, 11) is 0. The lowest BCUT2D eigenvalue weighted by Crippen LogP contribution is -2.22. The zero-order chi connectivity index (χ0) is 10.6. The van der Waals surface area contributed by atoms with E-state index in [9.17, 15) is 4.79 Å². The van der Waals surface area contributed by atoms with E-state index in [0.29, 0.717) is 0 Å². The van der Waals surface area contributed by atoms with Gasteiger partial charge in [0, 0.05) is 6.08 Å². The van der Waals surface area contributed by atoms with E-state index in [4.69, 9.17) is 4.74 Å². The molecule has 2 heteroatoms. The Morgan fingerprint density at radius 1 is 1.43 bits per heavy atom. The molecule has 0 saturated heterocycles. The summed E-state index contributed by atoms with van der Waals surface area (Å²) in [6.45, 7) is 5.64. The Hall–Kier alpha value is -0.790. The summed E-state index contributed by atoms with van der Waals surface area (Å²) in [5, 5.41) is 0. The molecule has 0 aliphatic heterocycles. The fourth-order valence-electron chi connectivity index (χ4n) is 1.42. The van der Waals surface area contributed by atoms with Crippen molar-refractivity contribution in [3.05, 3.63) is 12.2 Å². The van der Waals surface area contributed by atoms with Gasteiger partial charge >= 0.3 is 5.97 Å². The second-order valence-electron chi connectivity index (χ2n) is 4.97. The van der Waals surface area contributed by atoms with Crippen LogP contribution in [0.3, 0.4) is 0 Å². The van der Waals surface area contributed by atoms with Crippen LogP contribution in [0.1, 0.15) is 46.5 Å². The highest BCUT2D eigenvalue weighted by atomic mass is 16.6. The summed E-state index contributed by atoms with van der Waals surface area (Å²) >= 11 is 0. The molecule has 1 rings (SSSR count). The van der Waals surface area contributed by atoms with E-state index in [1.807, 2.05) is 26.8 Å². The monoisotopic (exact) mass is 196 g/mol. The zero-order valence-corrected chi connectivity index (χ0v) is 9.38. The predicted octanol–water partition coefficient (Wildman–Crippen LogP) is 3.07. The molecule has 0 aromatic rings. The average molecular weight is 196 g/mol. The molecule has 80 valence electrons. The van der Waals surface area contributed by atoms with Crippen molar-refractivity contribution in [2.45, 2.75) is 52.1 Å². The van der Waals surface area contributed by atoms with Crippen molar-refractivity contribution in [1.82, 2.24) is 0 Å². The third-order valence-electron chi connectivity index (χ3n) is 2.35. The summed E-state index contributed by atoms with van der Waals surface area (Å²) < 4.78 is 5.15. The molecule has 1 saturated carbocycles. The number of ether oxygens (including phenoxy) is 1. The van der Waals surface area contributed by atoms with Gasteiger partial charge in [-0.3, -0.25) is 0 Å². The molecule has 0 aromatic heterocycles. The largest absolute Gasteiger partial charge is 0.457 e. The summed E-state index contributed by atoms with van der Waals surface area (Å²) in [6, 6.07) is 0. The van der Waals surface area contributed by atoms with Crippen molar-refractivity contribution >= 4 is 5.97 Å². The van der Waals surface area contributed by atoms with Gasteiger partial charge in [-0.05, 0) is 33.1 Å². The van der Waals surface area contributed by atoms with E-state index < -0.39 is 0 Å². The molecule has 0 spiro atoms. The van der Waals surface area contributed by atoms with Crippen molar-refractivity contribution in [2.24, 2.45) is 5.92 Å². The van der Waals surface area contributed by atoms with E-state index in [2.05, 4.69) is 0 Å². The van der Waals surface area contributed by atoms with Crippen LogP contribution in [0.4, 0.5) is 0 Å². The van der Waals surface area contributed by atoms with Crippen LogP contribution in [0, 0.1) is 5.92 Å². The van der Waals surface area contributed by atoms with Gasteiger partial charge in [0.1, 0.15) is 5.60 Å². The van der Waals surface area contributed by atoms with Crippen LogP contribution in [-0.4, -0.2) is 11.6 Å². The van der Waals surface area contributed by atoms with Gasteiger partial charge in [0.15, 0.2) is 0 Å². The molecule has 0 unspecified atom stereocenters. The number of allylic oxidation sites excluding steroid dienone is 1. The molecular weight excluding hydrogens is 176 g/mol. The third kappa shape index (κ3) is 4.45. The topological polar surface area (TPSA) is 26.3 Å². The Kier molecular flexibility index (Phi) is 3.73. The highest BCUT2D eigenvalue weighted by molar-refractivity contribution is 5.82. The van der Waals surface area contributed by atoms with Crippen LogP contribution in [0.5, 0.6) is 0 Å². The maximum absolute atomic E-state index is 11.2. The predicted molar refractivity (Wildman–Crippen MR) is 56.9 cm³/mol. The first kappa shape index (κ1) is 11.3. The minimum Gasteiger partial charge on any atom is -0.457 e. The summed E-state index contributed by atoms with van der Waals surface area (Å²) in [5.74, 6) is 0.588. The van der Waals surface area contributed by atoms with Crippen molar-refractivity contribution in [1.29, 1.82) is 0 Å². The maximum Gasteiger partial charge on any atom is 0.330 e. The van der Waals surface area contributed by atoms with Crippen LogP contribution in [0.25, 0.3) is 0 Å². The van der Waals surface area contributed by atoms with Crippen molar-refractivity contribution in [2.75, 3.05) is 0 Å². The normalized spacial score (nSPS) is 18.2. The van der Waals surface area contributed by atoms with Gasteiger partial charge in [0.25, 0.3) is 0 Å². The van der Waals surface area contributed by atoms with Crippen molar-refractivity contribution in [3.8, 4) is 0 Å². The van der Waals surface area contributed by atoms with Gasteiger partial charge in [-0.15, -0.1) is 0 Å². The summed E-state index contributed by atoms with van der Waals surface area (Å²) in [6.07, 6.45) is 8.52. The van der Waals surface area contributed by atoms with Crippen LogP contribution < -0.4 is 0 Å². The van der Waals surface area contributed by atoms with E-state index >= 15 is 0 Å². The molecule has 0 amide bonds. The molecular formula is C12H20O2. The lowest BCUT2D eigenvalue weighted by atomic mass is 9.83. The SMILES string of the molecule is CC(C)(C)OC(=O)C=CCC1CCC1. The van der Waals surface area contributed by atoms with E-state index in [-0.39, 0.29) is 11.6 Å². The molecule has 1 aliphatic carbocycles. The van der Waals surface area contributed by atoms with Crippen LogP contribution in [0.2, 0.25) is 0 Å². The average Bonchev–Trinajstić information content (AvgIpc) is 1.90. The number of hydrogen-bond donors (Lipinski definition) is 0. The summed E-state index contributed by atoms with van der Waals surface area (Å²) in [5.41, 5.74) is -0.377. The lowest BCUT2D eigenvalue weighted by molar-refractivity contribution is -0.148. The van der Waals surface area contributed by atoms with Gasteiger partial charge in [-0.1, -0.05) is 25.3 Å². The highest BCUT2D eigenvalue weighted by Crippen LogP contribution is 2.29. The Morgan fingerprint density at radius 2 is 2.07 bits per heavy atom. The van der Waals surface area contributed by atoms with Gasteiger partial charge in [-0.2, -0.15) is 0 Å². The summed E-state index contributed by atoms with van der Waals surface area (Å²) in [4.78, 5) is 11.2. The smallest absolute Gasteiger partial charge is 0.330 e. The molecule has 2 nitrogen and oxygen atoms in total. The Morgan fingerprint density at radius 3 is 2.50 bits per heavy atom. The Bertz CT molecular complexity index is 219. The Labute approximate surface area is 86.3 Å². The first-order valence-corrected chi connectivity index (χ1v) is 5.37. The van der Waals surface area contributed by atoms with Crippen LogP contribution in [-0.2, 0) is 9.53 Å². The molecule has 0 bridgehead atoms. The highest BCUT2D eigenvalue weighted by Gasteiger charge is 2.16. The second-order valence-corrected chi connectivity index (χ2v) is 4.97. The molecule has 0 N–H and O–H groups in total. The van der Waals surface area contributed by atoms with Gasteiger partial charge in [0.2, 0.25) is 0 Å². The molecule has 0 aromatic carbocycles. The van der Waals surface area contributed by atoms with E-state index in [0.717, 1.165) is 12.3 Å². The fraction of sp³-hybridized carbons (Fsp3) is 0.750. The zero-order valence-electron chi connectivity index (χ0n) is 9.38. The molecule has 14 heavy (non-hydrogen) atoms. The second kappa shape index (κ2) is 4.63. The van der Waals surface area contributed by atoms with Crippen molar-refractivity contribution < 1.29 is 9.53 Å². The van der Waals surface area contributed by atoms with Crippen molar-refractivity contribution in [3.63, 3.8) is 0 Å².